The molecule has 3 aromatic heterocycles. The monoisotopic (exact) mass is 295 g/mol. The van der Waals surface area contributed by atoms with Crippen LogP contribution in [0.2, 0.25) is 0 Å². The molecule has 0 fully saturated rings. The normalized spacial score (nSPS) is 11.4. The molecule has 104 valence electrons. The van der Waals surface area contributed by atoms with Crippen molar-refractivity contribution in [3.05, 3.63) is 59.9 Å². The van der Waals surface area contributed by atoms with Gasteiger partial charge in [-0.15, -0.1) is 11.3 Å². The maximum Gasteiger partial charge on any atom is 0.124 e. The van der Waals surface area contributed by atoms with Crippen LogP contribution in [-0.2, 0) is 18.1 Å². The van der Waals surface area contributed by atoms with Crippen molar-refractivity contribution in [3.63, 3.8) is 0 Å². The number of ether oxygens (including phenoxy) is 1. The minimum absolute atomic E-state index is 0.476. The lowest BCUT2D eigenvalue weighted by Gasteiger charge is -2.06. The van der Waals surface area contributed by atoms with Crippen LogP contribution in [0.25, 0.3) is 21.3 Å². The molecule has 0 N–H and O–H groups in total. The Balaban J connectivity index is 1.56. The fourth-order valence-corrected chi connectivity index (χ4v) is 3.20. The molecular formula is C16H13N3OS. The standard InChI is InChI=1S/C16H13N3OS/c1-2-4-12(5-3-1)9-20-11-19-10-18-15-14(19)8-17-13-6-7-21-16(13)15/h1-8,10H,9,11H2. The summed E-state index contributed by atoms with van der Waals surface area (Å²) in [4.78, 5) is 8.96. The quantitative estimate of drug-likeness (QED) is 0.574. The molecule has 0 saturated heterocycles. The van der Waals surface area contributed by atoms with Crippen LogP contribution in [0.1, 0.15) is 5.56 Å². The van der Waals surface area contributed by atoms with Gasteiger partial charge in [-0.05, 0) is 17.0 Å². The molecule has 4 nitrogen and oxygen atoms in total. The molecule has 0 amide bonds. The summed E-state index contributed by atoms with van der Waals surface area (Å²) in [7, 11) is 0. The van der Waals surface area contributed by atoms with Crippen molar-refractivity contribution in [1.29, 1.82) is 0 Å². The molecule has 4 aromatic rings. The number of hydrogen-bond acceptors (Lipinski definition) is 4. The number of thiophene rings is 1. The van der Waals surface area contributed by atoms with E-state index in [1.165, 1.54) is 5.56 Å². The van der Waals surface area contributed by atoms with E-state index in [-0.39, 0.29) is 0 Å². The largest absolute Gasteiger partial charge is 0.356 e. The van der Waals surface area contributed by atoms with E-state index in [4.69, 9.17) is 4.74 Å². The van der Waals surface area contributed by atoms with Crippen LogP contribution in [-0.4, -0.2) is 14.5 Å². The number of nitrogens with zero attached hydrogens (tertiary/aromatic N) is 3. The lowest BCUT2D eigenvalue weighted by molar-refractivity contribution is 0.0664. The highest BCUT2D eigenvalue weighted by Gasteiger charge is 2.08. The van der Waals surface area contributed by atoms with Crippen LogP contribution in [0.4, 0.5) is 0 Å². The number of hydrogen-bond donors (Lipinski definition) is 0. The third-order valence-electron chi connectivity index (χ3n) is 3.41. The second-order valence-corrected chi connectivity index (χ2v) is 5.72. The Labute approximate surface area is 125 Å². The first kappa shape index (κ1) is 12.5. The first-order valence-corrected chi connectivity index (χ1v) is 7.58. The summed E-state index contributed by atoms with van der Waals surface area (Å²) in [6, 6.07) is 12.2. The molecule has 0 aliphatic rings. The van der Waals surface area contributed by atoms with Gasteiger partial charge in [0.2, 0.25) is 0 Å². The fraction of sp³-hybridized carbons (Fsp3) is 0.125. The molecule has 5 heteroatoms. The zero-order valence-electron chi connectivity index (χ0n) is 11.3. The van der Waals surface area contributed by atoms with Gasteiger partial charge in [0.05, 0.1) is 34.9 Å². The summed E-state index contributed by atoms with van der Waals surface area (Å²) < 4.78 is 8.89. The number of rotatable bonds is 4. The van der Waals surface area contributed by atoms with E-state index in [9.17, 15) is 0 Å². The summed E-state index contributed by atoms with van der Waals surface area (Å²) in [6.45, 7) is 1.07. The topological polar surface area (TPSA) is 39.9 Å². The minimum atomic E-state index is 0.476. The van der Waals surface area contributed by atoms with Crippen LogP contribution in [0.3, 0.4) is 0 Å². The van der Waals surface area contributed by atoms with Gasteiger partial charge in [-0.3, -0.25) is 4.98 Å². The van der Waals surface area contributed by atoms with Crippen LogP contribution < -0.4 is 0 Å². The molecule has 0 atom stereocenters. The summed E-state index contributed by atoms with van der Waals surface area (Å²) in [6.07, 6.45) is 3.68. The van der Waals surface area contributed by atoms with Gasteiger partial charge in [-0.2, -0.15) is 0 Å². The molecule has 0 aliphatic carbocycles. The number of pyridine rings is 1. The number of imidazole rings is 1. The van der Waals surface area contributed by atoms with Crippen LogP contribution in [0.15, 0.2) is 54.3 Å². The van der Waals surface area contributed by atoms with Gasteiger partial charge in [0, 0.05) is 0 Å². The van der Waals surface area contributed by atoms with Gasteiger partial charge in [0.15, 0.2) is 0 Å². The van der Waals surface area contributed by atoms with Gasteiger partial charge in [-0.25, -0.2) is 4.98 Å². The van der Waals surface area contributed by atoms with E-state index in [1.54, 1.807) is 11.3 Å². The van der Waals surface area contributed by atoms with E-state index in [0.29, 0.717) is 13.3 Å². The Kier molecular flexibility index (Phi) is 3.14. The Morgan fingerprint density at radius 1 is 1.10 bits per heavy atom. The molecule has 0 unspecified atom stereocenters. The van der Waals surface area contributed by atoms with Crippen LogP contribution in [0.5, 0.6) is 0 Å². The molecular weight excluding hydrogens is 282 g/mol. The molecule has 21 heavy (non-hydrogen) atoms. The minimum Gasteiger partial charge on any atom is -0.356 e. The van der Waals surface area contributed by atoms with E-state index in [0.717, 1.165) is 21.3 Å². The molecule has 0 aliphatic heterocycles. The van der Waals surface area contributed by atoms with E-state index < -0.39 is 0 Å². The van der Waals surface area contributed by atoms with Crippen molar-refractivity contribution < 1.29 is 4.74 Å². The predicted octanol–water partition coefficient (Wildman–Crippen LogP) is 3.82. The Bertz CT molecular complexity index is 882. The van der Waals surface area contributed by atoms with Gasteiger partial charge >= 0.3 is 0 Å². The first-order chi connectivity index (χ1) is 10.4. The van der Waals surface area contributed by atoms with E-state index >= 15 is 0 Å². The second kappa shape index (κ2) is 5.27. The van der Waals surface area contributed by atoms with Gasteiger partial charge in [-0.1, -0.05) is 30.3 Å². The second-order valence-electron chi connectivity index (χ2n) is 4.80. The third kappa shape index (κ3) is 2.30. The summed E-state index contributed by atoms with van der Waals surface area (Å²) in [5.41, 5.74) is 4.18. The van der Waals surface area contributed by atoms with Crippen molar-refractivity contribution in [1.82, 2.24) is 14.5 Å². The van der Waals surface area contributed by atoms with Crippen molar-refractivity contribution in [2.75, 3.05) is 0 Å². The molecule has 0 bridgehead atoms. The van der Waals surface area contributed by atoms with Crippen LogP contribution in [0, 0.1) is 0 Å². The van der Waals surface area contributed by atoms with E-state index in [2.05, 4.69) is 22.1 Å². The summed E-state index contributed by atoms with van der Waals surface area (Å²) in [5, 5.41) is 2.04. The summed E-state index contributed by atoms with van der Waals surface area (Å²) >= 11 is 1.67. The molecule has 0 spiro atoms. The number of benzene rings is 1. The average molecular weight is 295 g/mol. The maximum absolute atomic E-state index is 5.76. The molecule has 3 heterocycles. The molecule has 4 rings (SSSR count). The van der Waals surface area contributed by atoms with E-state index in [1.807, 2.05) is 46.7 Å². The Morgan fingerprint density at radius 3 is 2.90 bits per heavy atom. The zero-order chi connectivity index (χ0) is 14.1. The lowest BCUT2D eigenvalue weighted by atomic mass is 10.2. The first-order valence-electron chi connectivity index (χ1n) is 6.70. The van der Waals surface area contributed by atoms with Crippen molar-refractivity contribution >= 4 is 32.6 Å². The highest BCUT2D eigenvalue weighted by Crippen LogP contribution is 2.26. The predicted molar refractivity (Wildman–Crippen MR) is 84.1 cm³/mol. The SMILES string of the molecule is c1ccc(COCn2cnc3c4sccc4ncc32)cc1. The smallest absolute Gasteiger partial charge is 0.124 e. The van der Waals surface area contributed by atoms with Crippen molar-refractivity contribution in [2.24, 2.45) is 0 Å². The molecule has 1 aromatic carbocycles. The average Bonchev–Trinajstić information content (AvgIpc) is 3.14. The van der Waals surface area contributed by atoms with Crippen molar-refractivity contribution in [3.8, 4) is 0 Å². The highest BCUT2D eigenvalue weighted by atomic mass is 32.1. The Hall–Kier alpha value is -2.24. The van der Waals surface area contributed by atoms with Gasteiger partial charge in [0.1, 0.15) is 12.2 Å². The zero-order valence-corrected chi connectivity index (χ0v) is 12.1. The third-order valence-corrected chi connectivity index (χ3v) is 4.32. The van der Waals surface area contributed by atoms with Crippen molar-refractivity contribution in [2.45, 2.75) is 13.3 Å². The molecule has 0 saturated carbocycles. The number of aromatic nitrogens is 3. The number of fused-ring (bicyclic) bond motifs is 3. The van der Waals surface area contributed by atoms with Gasteiger partial charge < -0.3 is 9.30 Å². The Morgan fingerprint density at radius 2 is 2.00 bits per heavy atom. The van der Waals surface area contributed by atoms with Gasteiger partial charge in [0.25, 0.3) is 0 Å². The summed E-state index contributed by atoms with van der Waals surface area (Å²) in [5.74, 6) is 0. The highest BCUT2D eigenvalue weighted by molar-refractivity contribution is 7.18. The van der Waals surface area contributed by atoms with Crippen LogP contribution >= 0.6 is 11.3 Å². The molecule has 0 radical (unpaired) electrons. The maximum atomic E-state index is 5.76. The lowest BCUT2D eigenvalue weighted by Crippen LogP contribution is -2.01. The fourth-order valence-electron chi connectivity index (χ4n) is 2.35.